The van der Waals surface area contributed by atoms with Crippen molar-refractivity contribution in [3.05, 3.63) is 22.2 Å². The molecular formula is C13H19BrFNO2. The maximum atomic E-state index is 12.0. The standard InChI is InChI=1S/C13H19BrFNO2/c1-3-6-18-13-11(14)7-10(8-12(13)17-2)9-16-5-4-15/h7-8,16H,3-6,9H2,1-2H3. The van der Waals surface area contributed by atoms with Crippen LogP contribution >= 0.6 is 15.9 Å². The van der Waals surface area contributed by atoms with Crippen LogP contribution < -0.4 is 14.8 Å². The van der Waals surface area contributed by atoms with Gasteiger partial charge >= 0.3 is 0 Å². The van der Waals surface area contributed by atoms with Gasteiger partial charge in [-0.1, -0.05) is 6.92 Å². The molecule has 0 bridgehead atoms. The summed E-state index contributed by atoms with van der Waals surface area (Å²) in [4.78, 5) is 0. The van der Waals surface area contributed by atoms with Gasteiger partial charge in [-0.2, -0.15) is 0 Å². The summed E-state index contributed by atoms with van der Waals surface area (Å²) in [6.45, 7) is 3.29. The molecular weight excluding hydrogens is 301 g/mol. The van der Waals surface area contributed by atoms with E-state index in [0.29, 0.717) is 31.2 Å². The second kappa shape index (κ2) is 8.32. The van der Waals surface area contributed by atoms with Gasteiger partial charge in [0.15, 0.2) is 11.5 Å². The highest BCUT2D eigenvalue weighted by atomic mass is 79.9. The minimum Gasteiger partial charge on any atom is -0.493 e. The largest absolute Gasteiger partial charge is 0.493 e. The van der Waals surface area contributed by atoms with E-state index in [1.165, 1.54) is 0 Å². The predicted molar refractivity (Wildman–Crippen MR) is 74.2 cm³/mol. The molecule has 1 aromatic carbocycles. The Hall–Kier alpha value is -0.810. The first-order valence-electron chi connectivity index (χ1n) is 5.98. The van der Waals surface area contributed by atoms with Crippen LogP contribution in [0.3, 0.4) is 0 Å². The van der Waals surface area contributed by atoms with E-state index in [2.05, 4.69) is 28.2 Å². The zero-order chi connectivity index (χ0) is 13.4. The molecule has 0 fully saturated rings. The lowest BCUT2D eigenvalue weighted by Gasteiger charge is -2.14. The average Bonchev–Trinajstić information content (AvgIpc) is 2.37. The van der Waals surface area contributed by atoms with E-state index < -0.39 is 0 Å². The lowest BCUT2D eigenvalue weighted by molar-refractivity contribution is 0.292. The van der Waals surface area contributed by atoms with Crippen LogP contribution in [-0.2, 0) is 6.54 Å². The summed E-state index contributed by atoms with van der Waals surface area (Å²) in [7, 11) is 1.61. The summed E-state index contributed by atoms with van der Waals surface area (Å²) in [5.41, 5.74) is 1.02. The fraction of sp³-hybridized carbons (Fsp3) is 0.538. The zero-order valence-electron chi connectivity index (χ0n) is 10.8. The topological polar surface area (TPSA) is 30.5 Å². The van der Waals surface area contributed by atoms with Crippen LogP contribution in [0.4, 0.5) is 4.39 Å². The molecule has 0 spiro atoms. The monoisotopic (exact) mass is 319 g/mol. The van der Waals surface area contributed by atoms with Crippen molar-refractivity contribution in [2.75, 3.05) is 26.9 Å². The molecule has 0 amide bonds. The number of benzene rings is 1. The quantitative estimate of drug-likeness (QED) is 0.746. The zero-order valence-corrected chi connectivity index (χ0v) is 12.3. The first kappa shape index (κ1) is 15.2. The van der Waals surface area contributed by atoms with Gasteiger partial charge < -0.3 is 14.8 Å². The van der Waals surface area contributed by atoms with Gasteiger partial charge in [-0.3, -0.25) is 0 Å². The smallest absolute Gasteiger partial charge is 0.175 e. The minimum absolute atomic E-state index is 0.355. The van der Waals surface area contributed by atoms with Crippen molar-refractivity contribution in [2.45, 2.75) is 19.9 Å². The van der Waals surface area contributed by atoms with Crippen molar-refractivity contribution in [3.63, 3.8) is 0 Å². The minimum atomic E-state index is -0.365. The molecule has 102 valence electrons. The van der Waals surface area contributed by atoms with Crippen molar-refractivity contribution < 1.29 is 13.9 Å². The van der Waals surface area contributed by atoms with Gasteiger partial charge in [0, 0.05) is 13.1 Å². The van der Waals surface area contributed by atoms with Crippen molar-refractivity contribution in [2.24, 2.45) is 0 Å². The highest BCUT2D eigenvalue weighted by Gasteiger charge is 2.11. The molecule has 0 atom stereocenters. The Morgan fingerprint density at radius 1 is 1.39 bits per heavy atom. The Morgan fingerprint density at radius 3 is 2.78 bits per heavy atom. The van der Waals surface area contributed by atoms with Crippen LogP contribution in [0.1, 0.15) is 18.9 Å². The Kier molecular flexibility index (Phi) is 7.05. The lowest BCUT2D eigenvalue weighted by Crippen LogP contribution is -2.16. The van der Waals surface area contributed by atoms with Crippen LogP contribution in [0, 0.1) is 0 Å². The Morgan fingerprint density at radius 2 is 2.17 bits per heavy atom. The highest BCUT2D eigenvalue weighted by Crippen LogP contribution is 2.36. The molecule has 0 heterocycles. The van der Waals surface area contributed by atoms with Crippen LogP contribution in [0.15, 0.2) is 16.6 Å². The first-order chi connectivity index (χ1) is 8.72. The van der Waals surface area contributed by atoms with Gasteiger partial charge in [0.1, 0.15) is 6.67 Å². The van der Waals surface area contributed by atoms with Gasteiger partial charge in [-0.25, -0.2) is 4.39 Å². The molecule has 1 N–H and O–H groups in total. The average molecular weight is 320 g/mol. The van der Waals surface area contributed by atoms with Gasteiger partial charge in [0.05, 0.1) is 18.2 Å². The van der Waals surface area contributed by atoms with Gasteiger partial charge in [0.2, 0.25) is 0 Å². The fourth-order valence-corrected chi connectivity index (χ4v) is 2.12. The molecule has 0 aromatic heterocycles. The van der Waals surface area contributed by atoms with Crippen molar-refractivity contribution in [3.8, 4) is 11.5 Å². The molecule has 5 heteroatoms. The van der Waals surface area contributed by atoms with Crippen LogP contribution in [0.5, 0.6) is 11.5 Å². The summed E-state index contributed by atoms with van der Waals surface area (Å²) in [5, 5.41) is 3.00. The van der Waals surface area contributed by atoms with E-state index in [1.807, 2.05) is 12.1 Å². The molecule has 0 aliphatic heterocycles. The number of halogens is 2. The summed E-state index contributed by atoms with van der Waals surface area (Å²) in [6, 6.07) is 3.86. The number of nitrogens with one attached hydrogen (secondary N) is 1. The van der Waals surface area contributed by atoms with E-state index in [9.17, 15) is 4.39 Å². The fourth-order valence-electron chi connectivity index (χ4n) is 1.52. The third kappa shape index (κ3) is 4.46. The van der Waals surface area contributed by atoms with E-state index in [-0.39, 0.29) is 6.67 Å². The summed E-state index contributed by atoms with van der Waals surface area (Å²) in [5.74, 6) is 1.41. The molecule has 0 saturated heterocycles. The molecule has 0 aliphatic rings. The molecule has 0 saturated carbocycles. The SMILES string of the molecule is CCCOc1c(Br)cc(CNCCF)cc1OC. The highest BCUT2D eigenvalue weighted by molar-refractivity contribution is 9.10. The van der Waals surface area contributed by atoms with Crippen molar-refractivity contribution in [1.29, 1.82) is 0 Å². The normalized spacial score (nSPS) is 10.4. The second-order valence-corrected chi connectivity index (χ2v) is 4.68. The van der Waals surface area contributed by atoms with Gasteiger partial charge in [0.25, 0.3) is 0 Å². The Balaban J connectivity index is 2.81. The molecule has 1 aromatic rings. The summed E-state index contributed by atoms with van der Waals surface area (Å²) >= 11 is 3.47. The number of rotatable bonds is 8. The van der Waals surface area contributed by atoms with Crippen molar-refractivity contribution in [1.82, 2.24) is 5.32 Å². The number of ether oxygens (including phenoxy) is 2. The molecule has 0 radical (unpaired) electrons. The number of hydrogen-bond donors (Lipinski definition) is 1. The van der Waals surface area contributed by atoms with E-state index in [4.69, 9.17) is 9.47 Å². The molecule has 1 rings (SSSR count). The molecule has 0 unspecified atom stereocenters. The van der Waals surface area contributed by atoms with Crippen LogP contribution in [0.25, 0.3) is 0 Å². The predicted octanol–water partition coefficient (Wildman–Crippen LogP) is 3.31. The molecule has 18 heavy (non-hydrogen) atoms. The third-order valence-corrected chi connectivity index (χ3v) is 2.93. The van der Waals surface area contributed by atoms with Crippen LogP contribution in [-0.4, -0.2) is 26.9 Å². The van der Waals surface area contributed by atoms with E-state index >= 15 is 0 Å². The molecule has 0 aliphatic carbocycles. The lowest BCUT2D eigenvalue weighted by atomic mass is 10.2. The maximum Gasteiger partial charge on any atom is 0.175 e. The molecule has 3 nitrogen and oxygen atoms in total. The maximum absolute atomic E-state index is 12.0. The second-order valence-electron chi connectivity index (χ2n) is 3.82. The van der Waals surface area contributed by atoms with Crippen molar-refractivity contribution >= 4 is 15.9 Å². The third-order valence-electron chi connectivity index (χ3n) is 2.34. The Labute approximate surface area is 116 Å². The van der Waals surface area contributed by atoms with Gasteiger partial charge in [-0.05, 0) is 40.0 Å². The van der Waals surface area contributed by atoms with Crippen LogP contribution in [0.2, 0.25) is 0 Å². The van der Waals surface area contributed by atoms with E-state index in [1.54, 1.807) is 7.11 Å². The first-order valence-corrected chi connectivity index (χ1v) is 6.78. The number of alkyl halides is 1. The Bertz CT molecular complexity index is 374. The summed E-state index contributed by atoms with van der Waals surface area (Å²) < 4.78 is 23.8. The summed E-state index contributed by atoms with van der Waals surface area (Å²) in [6.07, 6.45) is 0.940. The van der Waals surface area contributed by atoms with Gasteiger partial charge in [-0.15, -0.1) is 0 Å². The van der Waals surface area contributed by atoms with E-state index in [0.717, 1.165) is 16.5 Å². The number of methoxy groups -OCH3 is 1. The number of hydrogen-bond acceptors (Lipinski definition) is 3.